The molecule has 0 aliphatic rings. The lowest BCUT2D eigenvalue weighted by Gasteiger charge is -2.05. The van der Waals surface area contributed by atoms with Crippen molar-refractivity contribution in [2.75, 3.05) is 0 Å². The van der Waals surface area contributed by atoms with Gasteiger partial charge >= 0.3 is 0 Å². The van der Waals surface area contributed by atoms with E-state index in [1.54, 1.807) is 6.07 Å². The Morgan fingerprint density at radius 1 is 1.00 bits per heavy atom. The first-order valence-electron chi connectivity index (χ1n) is 5.25. The third-order valence-corrected chi connectivity index (χ3v) is 4.10. The minimum absolute atomic E-state index is 0.119. The zero-order valence-electron chi connectivity index (χ0n) is 9.51. The first-order chi connectivity index (χ1) is 8.49. The van der Waals surface area contributed by atoms with Crippen LogP contribution in [0, 0.1) is 12.7 Å². The van der Waals surface area contributed by atoms with Crippen molar-refractivity contribution in [3.05, 3.63) is 67.9 Å². The van der Waals surface area contributed by atoms with E-state index in [2.05, 4.69) is 31.9 Å². The number of halogens is 3. The van der Waals surface area contributed by atoms with Crippen LogP contribution in [0.3, 0.4) is 0 Å². The Morgan fingerprint density at radius 2 is 1.61 bits per heavy atom. The van der Waals surface area contributed by atoms with E-state index in [0.29, 0.717) is 15.6 Å². The van der Waals surface area contributed by atoms with Gasteiger partial charge in [-0.05, 0) is 64.8 Å². The maximum atomic E-state index is 13.1. The SMILES string of the molecule is Cc1cc(C(=O)c2ccc(F)c(Br)c2)ccc1Br. The monoisotopic (exact) mass is 370 g/mol. The van der Waals surface area contributed by atoms with Gasteiger partial charge in [0.25, 0.3) is 0 Å². The topological polar surface area (TPSA) is 17.1 Å². The minimum atomic E-state index is -0.376. The first kappa shape index (κ1) is 13.4. The van der Waals surface area contributed by atoms with E-state index in [1.165, 1.54) is 18.2 Å². The summed E-state index contributed by atoms with van der Waals surface area (Å²) in [6.07, 6.45) is 0. The fourth-order valence-corrected chi connectivity index (χ4v) is 2.22. The van der Waals surface area contributed by atoms with Gasteiger partial charge in [-0.1, -0.05) is 15.9 Å². The van der Waals surface area contributed by atoms with Crippen LogP contribution in [-0.4, -0.2) is 5.78 Å². The second-order valence-corrected chi connectivity index (χ2v) is 5.63. The van der Waals surface area contributed by atoms with Crippen molar-refractivity contribution in [2.24, 2.45) is 0 Å². The number of carbonyl (C=O) groups excluding carboxylic acids is 1. The number of rotatable bonds is 2. The molecule has 0 saturated heterocycles. The molecule has 0 spiro atoms. The summed E-state index contributed by atoms with van der Waals surface area (Å²) in [6, 6.07) is 9.65. The second-order valence-electron chi connectivity index (χ2n) is 3.92. The van der Waals surface area contributed by atoms with Gasteiger partial charge in [-0.25, -0.2) is 4.39 Å². The molecule has 4 heteroatoms. The molecule has 0 atom stereocenters. The molecule has 18 heavy (non-hydrogen) atoms. The van der Waals surface area contributed by atoms with Gasteiger partial charge in [-0.15, -0.1) is 0 Å². The average Bonchev–Trinajstić information content (AvgIpc) is 2.35. The van der Waals surface area contributed by atoms with Gasteiger partial charge in [-0.3, -0.25) is 4.79 Å². The van der Waals surface area contributed by atoms with Gasteiger partial charge in [0.05, 0.1) is 4.47 Å². The molecule has 0 unspecified atom stereocenters. The fourth-order valence-electron chi connectivity index (χ4n) is 1.59. The van der Waals surface area contributed by atoms with Crippen molar-refractivity contribution >= 4 is 37.6 Å². The largest absolute Gasteiger partial charge is 0.289 e. The number of aryl methyl sites for hydroxylation is 1. The van der Waals surface area contributed by atoms with Gasteiger partial charge < -0.3 is 0 Å². The Kier molecular flexibility index (Phi) is 3.97. The molecular formula is C14H9Br2FO. The highest BCUT2D eigenvalue weighted by Crippen LogP contribution is 2.22. The van der Waals surface area contributed by atoms with E-state index in [9.17, 15) is 9.18 Å². The second kappa shape index (κ2) is 5.33. The van der Waals surface area contributed by atoms with Crippen molar-refractivity contribution < 1.29 is 9.18 Å². The minimum Gasteiger partial charge on any atom is -0.289 e. The van der Waals surface area contributed by atoms with E-state index in [4.69, 9.17) is 0 Å². The normalized spacial score (nSPS) is 10.4. The highest BCUT2D eigenvalue weighted by molar-refractivity contribution is 9.10. The van der Waals surface area contributed by atoms with E-state index in [1.807, 2.05) is 19.1 Å². The van der Waals surface area contributed by atoms with E-state index in [-0.39, 0.29) is 11.6 Å². The summed E-state index contributed by atoms with van der Waals surface area (Å²) >= 11 is 6.47. The van der Waals surface area contributed by atoms with Crippen LogP contribution in [0.25, 0.3) is 0 Å². The Bertz CT molecular complexity index is 570. The molecule has 0 aromatic heterocycles. The molecule has 0 fully saturated rings. The summed E-state index contributed by atoms with van der Waals surface area (Å²) in [5, 5.41) is 0. The Morgan fingerprint density at radius 3 is 2.22 bits per heavy atom. The van der Waals surface area contributed by atoms with Crippen molar-refractivity contribution in [1.82, 2.24) is 0 Å². The van der Waals surface area contributed by atoms with E-state index < -0.39 is 0 Å². The molecule has 0 heterocycles. The molecule has 0 amide bonds. The predicted molar refractivity (Wildman–Crippen MR) is 76.4 cm³/mol. The van der Waals surface area contributed by atoms with Crippen molar-refractivity contribution in [3.8, 4) is 0 Å². The van der Waals surface area contributed by atoms with Crippen LogP contribution in [0.5, 0.6) is 0 Å². The number of hydrogen-bond donors (Lipinski definition) is 0. The van der Waals surface area contributed by atoms with Crippen LogP contribution in [0.15, 0.2) is 45.3 Å². The van der Waals surface area contributed by atoms with Gasteiger partial charge in [-0.2, -0.15) is 0 Å². The number of hydrogen-bond acceptors (Lipinski definition) is 1. The lowest BCUT2D eigenvalue weighted by atomic mass is 10.0. The lowest BCUT2D eigenvalue weighted by Crippen LogP contribution is -2.02. The van der Waals surface area contributed by atoms with Crippen LogP contribution in [-0.2, 0) is 0 Å². The molecule has 0 aliphatic carbocycles. The molecule has 0 radical (unpaired) electrons. The maximum absolute atomic E-state index is 13.1. The Balaban J connectivity index is 2.41. The molecule has 2 rings (SSSR count). The van der Waals surface area contributed by atoms with Crippen LogP contribution >= 0.6 is 31.9 Å². The van der Waals surface area contributed by atoms with Gasteiger partial charge in [0.1, 0.15) is 5.82 Å². The lowest BCUT2D eigenvalue weighted by molar-refractivity contribution is 0.103. The molecule has 0 N–H and O–H groups in total. The van der Waals surface area contributed by atoms with Crippen molar-refractivity contribution in [2.45, 2.75) is 6.92 Å². The molecular weight excluding hydrogens is 363 g/mol. The molecule has 2 aromatic carbocycles. The van der Waals surface area contributed by atoms with Crippen LogP contribution in [0.4, 0.5) is 4.39 Å². The zero-order chi connectivity index (χ0) is 13.3. The average molecular weight is 372 g/mol. The van der Waals surface area contributed by atoms with Crippen LogP contribution in [0.2, 0.25) is 0 Å². The van der Waals surface area contributed by atoms with Crippen molar-refractivity contribution in [3.63, 3.8) is 0 Å². The summed E-state index contributed by atoms with van der Waals surface area (Å²) < 4.78 is 14.4. The molecule has 92 valence electrons. The molecule has 0 bridgehead atoms. The van der Waals surface area contributed by atoms with Gasteiger partial charge in [0.2, 0.25) is 0 Å². The molecule has 2 aromatic rings. The summed E-state index contributed by atoms with van der Waals surface area (Å²) in [5.41, 5.74) is 2.04. The predicted octanol–water partition coefficient (Wildman–Crippen LogP) is 4.89. The fraction of sp³-hybridized carbons (Fsp3) is 0.0714. The first-order valence-corrected chi connectivity index (χ1v) is 6.83. The Hall–Kier alpha value is -1.000. The summed E-state index contributed by atoms with van der Waals surface area (Å²) in [5.74, 6) is -0.496. The van der Waals surface area contributed by atoms with E-state index >= 15 is 0 Å². The van der Waals surface area contributed by atoms with Gasteiger partial charge in [0, 0.05) is 15.6 Å². The standard InChI is InChI=1S/C14H9Br2FO/c1-8-6-9(2-4-11(8)15)14(18)10-3-5-13(17)12(16)7-10/h2-7H,1H3. The van der Waals surface area contributed by atoms with Gasteiger partial charge in [0.15, 0.2) is 5.78 Å². The quantitative estimate of drug-likeness (QED) is 0.687. The highest BCUT2D eigenvalue weighted by Gasteiger charge is 2.11. The number of benzene rings is 2. The third kappa shape index (κ3) is 2.70. The van der Waals surface area contributed by atoms with Crippen LogP contribution in [0.1, 0.15) is 21.5 Å². The van der Waals surface area contributed by atoms with Crippen LogP contribution < -0.4 is 0 Å². The zero-order valence-corrected chi connectivity index (χ0v) is 12.7. The maximum Gasteiger partial charge on any atom is 0.193 e. The summed E-state index contributed by atoms with van der Waals surface area (Å²) in [6.45, 7) is 1.92. The highest BCUT2D eigenvalue weighted by atomic mass is 79.9. The third-order valence-electron chi connectivity index (χ3n) is 2.60. The molecule has 1 nitrogen and oxygen atoms in total. The summed E-state index contributed by atoms with van der Waals surface area (Å²) in [7, 11) is 0. The van der Waals surface area contributed by atoms with E-state index in [0.717, 1.165) is 10.0 Å². The van der Waals surface area contributed by atoms with Crippen molar-refractivity contribution in [1.29, 1.82) is 0 Å². The number of carbonyl (C=O) groups is 1. The summed E-state index contributed by atoms with van der Waals surface area (Å²) in [4.78, 5) is 12.2. The molecule has 0 saturated carbocycles. The Labute approximate surface area is 121 Å². The number of ketones is 1. The smallest absolute Gasteiger partial charge is 0.193 e. The molecule has 0 aliphatic heterocycles.